The number of amides is 1. The highest BCUT2D eigenvalue weighted by Crippen LogP contribution is 2.40. The molecule has 3 rings (SSSR count). The van der Waals surface area contributed by atoms with Crippen molar-refractivity contribution in [3.05, 3.63) is 76.4 Å². The first-order chi connectivity index (χ1) is 14.9. The van der Waals surface area contributed by atoms with Crippen molar-refractivity contribution in [2.75, 3.05) is 19.0 Å². The maximum atomic E-state index is 13.0. The first-order valence-electron chi connectivity index (χ1n) is 9.62. The molecule has 160 valence electrons. The van der Waals surface area contributed by atoms with Crippen LogP contribution in [0.2, 0.25) is 0 Å². The van der Waals surface area contributed by atoms with Crippen LogP contribution < -0.4 is 10.1 Å². The predicted octanol–water partition coefficient (Wildman–Crippen LogP) is 5.70. The number of aryl methyl sites for hydroxylation is 1. The number of esters is 1. The number of nitrogens with one attached hydrogen (secondary N) is 1. The predicted molar refractivity (Wildman–Crippen MR) is 121 cm³/mol. The van der Waals surface area contributed by atoms with Crippen LogP contribution in [-0.4, -0.2) is 25.6 Å². The summed E-state index contributed by atoms with van der Waals surface area (Å²) in [6, 6.07) is 13.2. The van der Waals surface area contributed by atoms with Gasteiger partial charge in [-0.1, -0.05) is 24.3 Å². The molecule has 2 aromatic carbocycles. The molecule has 7 heteroatoms. The molecule has 5 nitrogen and oxygen atoms in total. The highest BCUT2D eigenvalue weighted by Gasteiger charge is 2.24. The van der Waals surface area contributed by atoms with Crippen molar-refractivity contribution in [1.29, 1.82) is 0 Å². The van der Waals surface area contributed by atoms with E-state index < -0.39 is 11.9 Å². The lowest BCUT2D eigenvalue weighted by molar-refractivity contribution is -0.111. The van der Waals surface area contributed by atoms with Crippen LogP contribution in [-0.2, 0) is 9.53 Å². The Morgan fingerprint density at radius 2 is 1.77 bits per heavy atom. The third-order valence-electron chi connectivity index (χ3n) is 4.46. The second kappa shape index (κ2) is 10.0. The fourth-order valence-corrected chi connectivity index (χ4v) is 4.13. The first kappa shape index (κ1) is 22.2. The van der Waals surface area contributed by atoms with Gasteiger partial charge in [0.2, 0.25) is 5.91 Å². The Labute approximate surface area is 184 Å². The summed E-state index contributed by atoms with van der Waals surface area (Å²) in [7, 11) is 1.30. The molecular formula is C24H22FNO4S. The zero-order chi connectivity index (χ0) is 22.4. The Bertz CT molecular complexity index is 1100. The summed E-state index contributed by atoms with van der Waals surface area (Å²) in [6.07, 6.45) is 2.90. The van der Waals surface area contributed by atoms with Crippen LogP contribution in [0.25, 0.3) is 17.2 Å². The molecule has 0 bridgehead atoms. The van der Waals surface area contributed by atoms with Crippen molar-refractivity contribution in [3.63, 3.8) is 0 Å². The monoisotopic (exact) mass is 439 g/mol. The number of carbonyl (C=O) groups is 2. The number of rotatable bonds is 7. The molecule has 0 saturated heterocycles. The molecule has 3 aromatic rings. The molecule has 0 aliphatic heterocycles. The molecule has 0 fully saturated rings. The molecule has 1 heterocycles. The van der Waals surface area contributed by atoms with Crippen molar-refractivity contribution >= 4 is 34.3 Å². The Morgan fingerprint density at radius 1 is 1.10 bits per heavy atom. The number of anilines is 1. The summed E-state index contributed by atoms with van der Waals surface area (Å²) in [5, 5.41) is 3.17. The molecule has 1 amide bonds. The fourth-order valence-electron chi connectivity index (χ4n) is 3.06. The fraction of sp³-hybridized carbons (Fsp3) is 0.167. The van der Waals surface area contributed by atoms with Gasteiger partial charge in [0.25, 0.3) is 0 Å². The van der Waals surface area contributed by atoms with Crippen LogP contribution in [0.4, 0.5) is 9.39 Å². The van der Waals surface area contributed by atoms with E-state index in [4.69, 9.17) is 9.47 Å². The van der Waals surface area contributed by atoms with E-state index in [2.05, 4.69) is 5.32 Å². The number of hydrogen-bond acceptors (Lipinski definition) is 5. The maximum Gasteiger partial charge on any atom is 0.341 e. The summed E-state index contributed by atoms with van der Waals surface area (Å²) in [4.78, 5) is 25.9. The van der Waals surface area contributed by atoms with Gasteiger partial charge in [0.1, 0.15) is 22.1 Å². The van der Waals surface area contributed by atoms with Crippen LogP contribution in [0.3, 0.4) is 0 Å². The van der Waals surface area contributed by atoms with Gasteiger partial charge in [-0.15, -0.1) is 11.3 Å². The number of halogens is 1. The van der Waals surface area contributed by atoms with Crippen LogP contribution in [0, 0.1) is 12.7 Å². The van der Waals surface area contributed by atoms with Gasteiger partial charge in [0, 0.05) is 16.5 Å². The molecule has 0 radical (unpaired) electrons. The molecule has 0 unspecified atom stereocenters. The van der Waals surface area contributed by atoms with Gasteiger partial charge in [-0.25, -0.2) is 9.18 Å². The minimum Gasteiger partial charge on any atom is -0.494 e. The van der Waals surface area contributed by atoms with Crippen molar-refractivity contribution in [2.24, 2.45) is 0 Å². The minimum atomic E-state index is -0.536. The molecule has 31 heavy (non-hydrogen) atoms. The smallest absolute Gasteiger partial charge is 0.341 e. The molecule has 0 saturated carbocycles. The van der Waals surface area contributed by atoms with E-state index in [1.54, 1.807) is 18.2 Å². The summed E-state index contributed by atoms with van der Waals surface area (Å²) in [5.74, 6) is -0.557. The molecule has 0 atom stereocenters. The van der Waals surface area contributed by atoms with Crippen LogP contribution in [0.5, 0.6) is 5.75 Å². The van der Waals surface area contributed by atoms with E-state index in [1.165, 1.54) is 36.7 Å². The first-order valence-corrected chi connectivity index (χ1v) is 10.4. The largest absolute Gasteiger partial charge is 0.494 e. The normalized spacial score (nSPS) is 10.8. The summed E-state index contributed by atoms with van der Waals surface area (Å²) < 4.78 is 23.5. The van der Waals surface area contributed by atoms with E-state index in [0.29, 0.717) is 28.3 Å². The highest BCUT2D eigenvalue weighted by molar-refractivity contribution is 7.17. The van der Waals surface area contributed by atoms with Gasteiger partial charge in [-0.05, 0) is 55.3 Å². The minimum absolute atomic E-state index is 0.303. The zero-order valence-electron chi connectivity index (χ0n) is 17.4. The SMILES string of the molecule is CCOc1ccc(-c2c(C)sc(NC(=O)/C=C/c3ccc(F)cc3)c2C(=O)OC)cc1. The number of thiophene rings is 1. The number of hydrogen-bond donors (Lipinski definition) is 1. The van der Waals surface area contributed by atoms with Gasteiger partial charge < -0.3 is 14.8 Å². The Kier molecular flexibility index (Phi) is 7.20. The molecule has 0 spiro atoms. The maximum absolute atomic E-state index is 13.0. The van der Waals surface area contributed by atoms with E-state index in [0.717, 1.165) is 16.2 Å². The van der Waals surface area contributed by atoms with E-state index in [1.807, 2.05) is 38.1 Å². The molecule has 0 aliphatic carbocycles. The van der Waals surface area contributed by atoms with E-state index >= 15 is 0 Å². The molecule has 1 N–H and O–H groups in total. The molecule has 1 aromatic heterocycles. The van der Waals surface area contributed by atoms with Crippen molar-refractivity contribution in [2.45, 2.75) is 13.8 Å². The summed E-state index contributed by atoms with van der Waals surface area (Å²) >= 11 is 1.30. The Hall–Kier alpha value is -3.45. The van der Waals surface area contributed by atoms with Crippen molar-refractivity contribution in [3.8, 4) is 16.9 Å². The summed E-state index contributed by atoms with van der Waals surface area (Å²) in [6.45, 7) is 4.35. The average molecular weight is 440 g/mol. The van der Waals surface area contributed by atoms with Gasteiger partial charge in [-0.2, -0.15) is 0 Å². The van der Waals surface area contributed by atoms with Gasteiger partial charge in [0.15, 0.2) is 0 Å². The Balaban J connectivity index is 1.90. The zero-order valence-corrected chi connectivity index (χ0v) is 18.2. The highest BCUT2D eigenvalue weighted by atomic mass is 32.1. The quantitative estimate of drug-likeness (QED) is 0.379. The topological polar surface area (TPSA) is 64.6 Å². The Morgan fingerprint density at radius 3 is 2.39 bits per heavy atom. The van der Waals surface area contributed by atoms with E-state index in [-0.39, 0.29) is 5.82 Å². The third-order valence-corrected chi connectivity index (χ3v) is 5.48. The third kappa shape index (κ3) is 5.38. The lowest BCUT2D eigenvalue weighted by atomic mass is 10.0. The van der Waals surface area contributed by atoms with Crippen LogP contribution in [0.1, 0.15) is 27.7 Å². The van der Waals surface area contributed by atoms with Crippen molar-refractivity contribution < 1.29 is 23.5 Å². The lowest BCUT2D eigenvalue weighted by Crippen LogP contribution is -2.11. The number of ether oxygens (including phenoxy) is 2. The standard InChI is InChI=1S/C24H22FNO4S/c1-4-30-19-12-8-17(9-13-19)21-15(2)31-23(22(21)24(28)29-3)26-20(27)14-7-16-5-10-18(25)11-6-16/h5-14H,4H2,1-3H3,(H,26,27)/b14-7+. The van der Waals surface area contributed by atoms with Crippen LogP contribution >= 0.6 is 11.3 Å². The van der Waals surface area contributed by atoms with Crippen LogP contribution in [0.15, 0.2) is 54.6 Å². The van der Waals surface area contributed by atoms with Gasteiger partial charge >= 0.3 is 5.97 Å². The summed E-state index contributed by atoms with van der Waals surface area (Å²) in [5.41, 5.74) is 2.51. The second-order valence-electron chi connectivity index (χ2n) is 6.56. The van der Waals surface area contributed by atoms with Gasteiger partial charge in [-0.3, -0.25) is 4.79 Å². The lowest BCUT2D eigenvalue weighted by Gasteiger charge is -2.08. The van der Waals surface area contributed by atoms with Crippen molar-refractivity contribution in [1.82, 2.24) is 0 Å². The molecular weight excluding hydrogens is 417 g/mol. The number of methoxy groups -OCH3 is 1. The molecule has 0 aliphatic rings. The number of carbonyl (C=O) groups excluding carboxylic acids is 2. The average Bonchev–Trinajstić information content (AvgIpc) is 3.09. The number of benzene rings is 2. The van der Waals surface area contributed by atoms with E-state index in [9.17, 15) is 14.0 Å². The second-order valence-corrected chi connectivity index (χ2v) is 7.79. The van der Waals surface area contributed by atoms with Gasteiger partial charge in [0.05, 0.1) is 13.7 Å².